The third-order valence-corrected chi connectivity index (χ3v) is 2.04. The highest BCUT2D eigenvalue weighted by Gasteiger charge is 2.11. The minimum absolute atomic E-state index is 0.105. The summed E-state index contributed by atoms with van der Waals surface area (Å²) in [4.78, 5) is 21.5. The van der Waals surface area contributed by atoms with E-state index < -0.39 is 17.9 Å². The molecule has 0 aromatic heterocycles. The number of hydrogen-bond donors (Lipinski definition) is 2. The number of rotatable bonds is 4. The molecule has 5 nitrogen and oxygen atoms in total. The van der Waals surface area contributed by atoms with Crippen LogP contribution < -0.4 is 10.4 Å². The number of hydrogen-bond acceptors (Lipinski definition) is 4. The SMILES string of the molecule is CC(=O)NC(Cc1ccc(O)cc1)C(=O)[O-]. The van der Waals surface area contributed by atoms with Gasteiger partial charge in [-0.2, -0.15) is 0 Å². The molecule has 0 spiro atoms. The minimum atomic E-state index is -1.33. The predicted octanol–water partition coefficient (Wildman–Crippen LogP) is -0.811. The van der Waals surface area contributed by atoms with E-state index in [1.54, 1.807) is 12.1 Å². The number of aliphatic carboxylic acids is 1. The topological polar surface area (TPSA) is 89.5 Å². The Hall–Kier alpha value is -2.04. The Bertz CT molecular complexity index is 385. The molecule has 0 bridgehead atoms. The highest BCUT2D eigenvalue weighted by atomic mass is 16.4. The van der Waals surface area contributed by atoms with Crippen molar-refractivity contribution in [2.45, 2.75) is 19.4 Å². The lowest BCUT2D eigenvalue weighted by Crippen LogP contribution is -2.48. The summed E-state index contributed by atoms with van der Waals surface area (Å²) in [5, 5.41) is 22.1. The van der Waals surface area contributed by atoms with Crippen LogP contribution in [0.5, 0.6) is 5.75 Å². The molecule has 0 aliphatic heterocycles. The maximum absolute atomic E-state index is 10.8. The van der Waals surface area contributed by atoms with Crippen molar-refractivity contribution in [2.75, 3.05) is 0 Å². The van der Waals surface area contributed by atoms with E-state index in [1.165, 1.54) is 19.1 Å². The zero-order chi connectivity index (χ0) is 12.1. The fourth-order valence-corrected chi connectivity index (χ4v) is 1.31. The maximum Gasteiger partial charge on any atom is 0.217 e. The first-order chi connectivity index (χ1) is 7.49. The predicted molar refractivity (Wildman–Crippen MR) is 54.4 cm³/mol. The summed E-state index contributed by atoms with van der Waals surface area (Å²) >= 11 is 0. The summed E-state index contributed by atoms with van der Waals surface area (Å²) < 4.78 is 0. The summed E-state index contributed by atoms with van der Waals surface area (Å²) in [7, 11) is 0. The molecule has 86 valence electrons. The summed E-state index contributed by atoms with van der Waals surface area (Å²) in [6.45, 7) is 1.24. The van der Waals surface area contributed by atoms with E-state index in [0.717, 1.165) is 0 Å². The molecule has 0 fully saturated rings. The van der Waals surface area contributed by atoms with Crippen LogP contribution in [-0.2, 0) is 16.0 Å². The Kier molecular flexibility index (Phi) is 3.88. The van der Waals surface area contributed by atoms with Crippen LogP contribution in [0.25, 0.3) is 0 Å². The molecular formula is C11H12NO4-. The fourth-order valence-electron chi connectivity index (χ4n) is 1.31. The molecule has 0 saturated heterocycles. The van der Waals surface area contributed by atoms with Gasteiger partial charge in [-0.1, -0.05) is 12.1 Å². The van der Waals surface area contributed by atoms with Crippen LogP contribution in [0.2, 0.25) is 0 Å². The Morgan fingerprint density at radius 2 is 1.94 bits per heavy atom. The van der Waals surface area contributed by atoms with Gasteiger partial charge in [-0.15, -0.1) is 0 Å². The number of amides is 1. The molecule has 0 aliphatic rings. The third kappa shape index (κ3) is 3.61. The zero-order valence-corrected chi connectivity index (χ0v) is 8.77. The van der Waals surface area contributed by atoms with Crippen LogP contribution in [0.4, 0.5) is 0 Å². The third-order valence-electron chi connectivity index (χ3n) is 2.04. The lowest BCUT2D eigenvalue weighted by atomic mass is 10.1. The molecule has 1 aromatic carbocycles. The Morgan fingerprint density at radius 3 is 2.38 bits per heavy atom. The first-order valence-electron chi connectivity index (χ1n) is 4.75. The Labute approximate surface area is 92.7 Å². The van der Waals surface area contributed by atoms with Crippen LogP contribution in [0.1, 0.15) is 12.5 Å². The largest absolute Gasteiger partial charge is 0.548 e. The second-order valence-electron chi connectivity index (χ2n) is 3.44. The Balaban J connectivity index is 2.71. The van der Waals surface area contributed by atoms with Gasteiger partial charge in [0.25, 0.3) is 0 Å². The van der Waals surface area contributed by atoms with Gasteiger partial charge in [0.05, 0.1) is 12.0 Å². The number of carboxylic acid groups (broad SMARTS) is 1. The van der Waals surface area contributed by atoms with Gasteiger partial charge in [-0.3, -0.25) is 4.79 Å². The van der Waals surface area contributed by atoms with Crippen molar-refractivity contribution in [1.29, 1.82) is 0 Å². The van der Waals surface area contributed by atoms with Gasteiger partial charge in [0, 0.05) is 6.92 Å². The molecule has 0 saturated carbocycles. The molecule has 1 aromatic rings. The Morgan fingerprint density at radius 1 is 1.38 bits per heavy atom. The van der Waals surface area contributed by atoms with E-state index in [0.29, 0.717) is 5.56 Å². The van der Waals surface area contributed by atoms with Gasteiger partial charge >= 0.3 is 0 Å². The summed E-state index contributed by atoms with van der Waals surface area (Å²) in [5.41, 5.74) is 0.695. The van der Waals surface area contributed by atoms with Crippen molar-refractivity contribution < 1.29 is 19.8 Å². The molecule has 16 heavy (non-hydrogen) atoms. The number of aromatic hydroxyl groups is 1. The van der Waals surface area contributed by atoms with Gasteiger partial charge < -0.3 is 20.3 Å². The smallest absolute Gasteiger partial charge is 0.217 e. The standard InChI is InChI=1S/C11H13NO4/c1-7(13)12-10(11(15)16)6-8-2-4-9(14)5-3-8/h2-5,10,14H,6H2,1H3,(H,12,13)(H,15,16)/p-1. The molecule has 1 amide bonds. The molecule has 2 N–H and O–H groups in total. The molecule has 1 atom stereocenters. The molecule has 1 rings (SSSR count). The summed E-state index contributed by atoms with van der Waals surface area (Å²) in [6.07, 6.45) is 0.127. The fraction of sp³-hybridized carbons (Fsp3) is 0.273. The quantitative estimate of drug-likeness (QED) is 0.697. The van der Waals surface area contributed by atoms with E-state index in [1.807, 2.05) is 0 Å². The van der Waals surface area contributed by atoms with E-state index in [4.69, 9.17) is 5.11 Å². The van der Waals surface area contributed by atoms with Gasteiger partial charge in [0.2, 0.25) is 5.91 Å². The van der Waals surface area contributed by atoms with Crippen molar-refractivity contribution in [3.8, 4) is 5.75 Å². The zero-order valence-electron chi connectivity index (χ0n) is 8.77. The number of nitrogens with one attached hydrogen (secondary N) is 1. The minimum Gasteiger partial charge on any atom is -0.548 e. The highest BCUT2D eigenvalue weighted by molar-refractivity contribution is 5.81. The van der Waals surface area contributed by atoms with Crippen molar-refractivity contribution in [3.63, 3.8) is 0 Å². The number of phenolic OH excluding ortho intramolecular Hbond substituents is 1. The number of phenols is 1. The maximum atomic E-state index is 10.8. The van der Waals surface area contributed by atoms with Gasteiger partial charge in [0.1, 0.15) is 5.75 Å². The molecular weight excluding hydrogens is 210 g/mol. The second kappa shape index (κ2) is 5.16. The number of carbonyl (C=O) groups excluding carboxylic acids is 2. The first kappa shape index (κ1) is 12.0. The summed E-state index contributed by atoms with van der Waals surface area (Å²) in [5.74, 6) is -1.65. The normalized spacial score (nSPS) is 11.8. The number of benzene rings is 1. The van der Waals surface area contributed by atoms with Crippen LogP contribution >= 0.6 is 0 Å². The number of carbonyl (C=O) groups is 2. The van der Waals surface area contributed by atoms with Crippen LogP contribution in [-0.4, -0.2) is 23.0 Å². The highest BCUT2D eigenvalue weighted by Crippen LogP contribution is 2.11. The van der Waals surface area contributed by atoms with Gasteiger partial charge in [-0.25, -0.2) is 0 Å². The molecule has 0 heterocycles. The van der Waals surface area contributed by atoms with Crippen molar-refractivity contribution >= 4 is 11.9 Å². The van der Waals surface area contributed by atoms with Crippen molar-refractivity contribution in [1.82, 2.24) is 5.32 Å². The van der Waals surface area contributed by atoms with Crippen LogP contribution in [0, 0.1) is 0 Å². The first-order valence-corrected chi connectivity index (χ1v) is 4.75. The number of carboxylic acids is 1. The lowest BCUT2D eigenvalue weighted by Gasteiger charge is -2.18. The average molecular weight is 222 g/mol. The lowest BCUT2D eigenvalue weighted by molar-refractivity contribution is -0.308. The van der Waals surface area contributed by atoms with E-state index in [9.17, 15) is 14.7 Å². The van der Waals surface area contributed by atoms with E-state index in [-0.39, 0.29) is 12.2 Å². The average Bonchev–Trinajstić information content (AvgIpc) is 2.19. The molecule has 1 unspecified atom stereocenters. The van der Waals surface area contributed by atoms with Gasteiger partial charge in [-0.05, 0) is 24.1 Å². The van der Waals surface area contributed by atoms with Crippen LogP contribution in [0.15, 0.2) is 24.3 Å². The summed E-state index contributed by atoms with van der Waals surface area (Å²) in [6, 6.07) is 5.03. The molecule has 5 heteroatoms. The van der Waals surface area contributed by atoms with Gasteiger partial charge in [0.15, 0.2) is 0 Å². The van der Waals surface area contributed by atoms with E-state index in [2.05, 4.69) is 5.32 Å². The van der Waals surface area contributed by atoms with Crippen molar-refractivity contribution in [3.05, 3.63) is 29.8 Å². The van der Waals surface area contributed by atoms with E-state index >= 15 is 0 Å². The molecule has 0 aliphatic carbocycles. The monoisotopic (exact) mass is 222 g/mol. The van der Waals surface area contributed by atoms with Crippen LogP contribution in [0.3, 0.4) is 0 Å². The second-order valence-corrected chi connectivity index (χ2v) is 3.44. The van der Waals surface area contributed by atoms with Crippen molar-refractivity contribution in [2.24, 2.45) is 0 Å². The molecule has 0 radical (unpaired) electrons.